The van der Waals surface area contributed by atoms with Crippen molar-refractivity contribution in [1.29, 1.82) is 68.4 Å². The molecule has 0 atom stereocenters. The van der Waals surface area contributed by atoms with Crippen LogP contribution < -0.4 is 0 Å². The third-order valence-electron chi connectivity index (χ3n) is 15.4. The normalized spacial score (nSPS) is 10.4. The standard InChI is InChI=1S/C72H26N16/c73-26-40-13-49(31-78)69(50(14-40)32-79)44-2-7-64-59(21-44)60-22-45(70-51(33-80)15-41(27-74)16-52(70)34-81)3-8-65(60)87(64)57-6-1-48(30-77)58(25-57)63-39-86-12-11-68(63)88-66-9-4-46(71-53(35-82)17-42(28-75)18-54(71)36-83)23-61(66)62-24-47(5-10-67(62)88)72-55(37-84)19-43(29-76)20-56(72)38-85/h1-25,39H. The largest absolute Gasteiger partial charge is 0.309 e. The van der Waals surface area contributed by atoms with E-state index in [1.165, 1.54) is 48.5 Å². The SMILES string of the molecule is N#Cc1cc(C#N)c(-c2ccc3c(c2)c2cc(-c4c(C#N)cc(C#N)cc4C#N)ccc2n3-c2ccc(C#N)c(-c3cnccc3-n3c4ccc(-c5c(C#N)cc(C#N)cc5C#N)cc4c4cc(-c5c(C#N)cc(C#N)cc5C#N)ccc43)c2)c(C#N)c1. The molecule has 0 bridgehead atoms. The van der Waals surface area contributed by atoms with Crippen molar-refractivity contribution in [3.63, 3.8) is 0 Å². The molecule has 0 unspecified atom stereocenters. The summed E-state index contributed by atoms with van der Waals surface area (Å²) >= 11 is 0. The summed E-state index contributed by atoms with van der Waals surface area (Å²) in [5, 5.41) is 136. The minimum atomic E-state index is 0.0962. The number of nitrogens with zero attached hydrogens (tertiary/aromatic N) is 16. The van der Waals surface area contributed by atoms with Gasteiger partial charge in [0.05, 0.1) is 179 Å². The quantitative estimate of drug-likeness (QED) is 0.143. The lowest BCUT2D eigenvalue weighted by Crippen LogP contribution is -2.01. The minimum Gasteiger partial charge on any atom is -0.309 e. The Bertz CT molecular complexity index is 5380. The predicted octanol–water partition coefficient (Wildman–Crippen LogP) is 13.9. The van der Waals surface area contributed by atoms with Crippen molar-refractivity contribution in [2.75, 3.05) is 0 Å². The van der Waals surface area contributed by atoms with Gasteiger partial charge in [-0.05, 0) is 144 Å². The van der Waals surface area contributed by atoms with Crippen LogP contribution in [0.25, 0.3) is 111 Å². The molecule has 0 spiro atoms. The Morgan fingerprint density at radius 2 is 0.557 bits per heavy atom. The number of nitriles is 13. The van der Waals surface area contributed by atoms with Gasteiger partial charge in [-0.15, -0.1) is 0 Å². The minimum absolute atomic E-state index is 0.0962. The van der Waals surface area contributed by atoms with Crippen LogP contribution in [0.2, 0.25) is 0 Å². The lowest BCUT2D eigenvalue weighted by atomic mass is 9.91. The Labute approximate surface area is 499 Å². The van der Waals surface area contributed by atoms with Crippen LogP contribution in [0.5, 0.6) is 0 Å². The number of fused-ring (bicyclic) bond motifs is 6. The summed E-state index contributed by atoms with van der Waals surface area (Å²) in [5.74, 6) is 0. The topological polar surface area (TPSA) is 332 Å². The second-order valence-corrected chi connectivity index (χ2v) is 20.0. The molecule has 0 amide bonds. The van der Waals surface area contributed by atoms with Gasteiger partial charge in [0.2, 0.25) is 0 Å². The molecule has 0 saturated carbocycles. The van der Waals surface area contributed by atoms with Crippen LogP contribution in [-0.2, 0) is 0 Å². The molecular weight excluding hydrogens is 1090 g/mol. The van der Waals surface area contributed by atoms with Gasteiger partial charge >= 0.3 is 0 Å². The van der Waals surface area contributed by atoms with E-state index >= 15 is 0 Å². The van der Waals surface area contributed by atoms with Crippen LogP contribution in [0, 0.1) is 147 Å². The maximum atomic E-state index is 11.0. The summed E-state index contributed by atoms with van der Waals surface area (Å²) in [6, 6.07) is 67.8. The highest BCUT2D eigenvalue weighted by Gasteiger charge is 2.25. The van der Waals surface area contributed by atoms with Gasteiger partial charge in [0.1, 0.15) is 0 Å². The lowest BCUT2D eigenvalue weighted by Gasteiger charge is -2.17. The highest BCUT2D eigenvalue weighted by Crippen LogP contribution is 2.45. The fourth-order valence-electron chi connectivity index (χ4n) is 11.8. The molecular formula is C72H26N16. The molecule has 0 aliphatic rings. The first-order valence-corrected chi connectivity index (χ1v) is 26.2. The molecule has 394 valence electrons. The third-order valence-corrected chi connectivity index (χ3v) is 15.4. The number of pyridine rings is 1. The van der Waals surface area contributed by atoms with Gasteiger partial charge in [-0.25, -0.2) is 0 Å². The van der Waals surface area contributed by atoms with E-state index in [2.05, 4.69) is 59.6 Å². The Balaban J connectivity index is 1.12. The van der Waals surface area contributed by atoms with E-state index < -0.39 is 0 Å². The van der Waals surface area contributed by atoms with Crippen LogP contribution in [0.3, 0.4) is 0 Å². The van der Waals surface area contributed by atoms with Gasteiger partial charge in [-0.3, -0.25) is 4.98 Å². The first-order chi connectivity index (χ1) is 43.0. The molecule has 3 aromatic heterocycles. The molecule has 0 saturated heterocycles. The zero-order valence-electron chi connectivity index (χ0n) is 45.2. The summed E-state index contributed by atoms with van der Waals surface area (Å²) in [6.45, 7) is 0. The summed E-state index contributed by atoms with van der Waals surface area (Å²) in [6.07, 6.45) is 3.24. The van der Waals surface area contributed by atoms with Crippen LogP contribution in [0.1, 0.15) is 72.3 Å². The second kappa shape index (κ2) is 21.5. The monoisotopic (exact) mass is 1110 g/mol. The van der Waals surface area contributed by atoms with Gasteiger partial charge in [0, 0.05) is 73.0 Å². The number of hydrogen-bond acceptors (Lipinski definition) is 14. The van der Waals surface area contributed by atoms with Crippen molar-refractivity contribution < 1.29 is 0 Å². The molecule has 3 heterocycles. The molecule has 0 aliphatic heterocycles. The number of aromatic nitrogens is 3. The number of rotatable bonds is 7. The fraction of sp³-hybridized carbons (Fsp3) is 0. The average molecular weight is 1120 g/mol. The highest BCUT2D eigenvalue weighted by molar-refractivity contribution is 6.14. The van der Waals surface area contributed by atoms with E-state index in [1.54, 1.807) is 54.9 Å². The van der Waals surface area contributed by atoms with Gasteiger partial charge in [-0.2, -0.15) is 68.4 Å². The Hall–Kier alpha value is -14.9. The van der Waals surface area contributed by atoms with Crippen molar-refractivity contribution in [1.82, 2.24) is 14.1 Å². The highest BCUT2D eigenvalue weighted by atomic mass is 15.0. The van der Waals surface area contributed by atoms with Crippen molar-refractivity contribution >= 4 is 43.6 Å². The molecule has 9 aromatic carbocycles. The maximum absolute atomic E-state index is 11.0. The van der Waals surface area contributed by atoms with Crippen molar-refractivity contribution in [3.8, 4) is 146 Å². The lowest BCUT2D eigenvalue weighted by molar-refractivity contribution is 1.15. The van der Waals surface area contributed by atoms with Crippen LogP contribution in [0.4, 0.5) is 0 Å². The summed E-state index contributed by atoms with van der Waals surface area (Å²) in [7, 11) is 0. The Morgan fingerprint density at radius 1 is 0.261 bits per heavy atom. The average Bonchev–Trinajstić information content (AvgIpc) is 2.78. The third kappa shape index (κ3) is 8.47. The van der Waals surface area contributed by atoms with E-state index in [9.17, 15) is 68.4 Å². The fourth-order valence-corrected chi connectivity index (χ4v) is 11.8. The van der Waals surface area contributed by atoms with E-state index in [0.717, 1.165) is 0 Å². The van der Waals surface area contributed by atoms with Crippen LogP contribution in [-0.4, -0.2) is 14.1 Å². The summed E-state index contributed by atoms with van der Waals surface area (Å²) < 4.78 is 3.94. The maximum Gasteiger partial charge on any atom is 0.0999 e. The van der Waals surface area contributed by atoms with E-state index in [1.807, 2.05) is 88.0 Å². The molecule has 0 radical (unpaired) electrons. The first kappa shape index (κ1) is 53.7. The van der Waals surface area contributed by atoms with Crippen LogP contribution in [0.15, 0.2) is 158 Å². The molecule has 12 aromatic rings. The van der Waals surface area contributed by atoms with Crippen molar-refractivity contribution in [3.05, 3.63) is 230 Å². The molecule has 0 N–H and O–H groups in total. The molecule has 16 nitrogen and oxygen atoms in total. The Morgan fingerprint density at radius 3 is 0.841 bits per heavy atom. The van der Waals surface area contributed by atoms with E-state index in [0.29, 0.717) is 111 Å². The van der Waals surface area contributed by atoms with E-state index in [4.69, 9.17) is 0 Å². The van der Waals surface area contributed by atoms with Gasteiger partial charge in [0.15, 0.2) is 0 Å². The van der Waals surface area contributed by atoms with Gasteiger partial charge < -0.3 is 9.13 Å². The van der Waals surface area contributed by atoms with Crippen molar-refractivity contribution in [2.45, 2.75) is 0 Å². The number of hydrogen-bond donors (Lipinski definition) is 0. The number of benzene rings is 9. The van der Waals surface area contributed by atoms with Crippen molar-refractivity contribution in [2.24, 2.45) is 0 Å². The van der Waals surface area contributed by atoms with E-state index in [-0.39, 0.29) is 72.3 Å². The molecule has 88 heavy (non-hydrogen) atoms. The molecule has 0 aliphatic carbocycles. The summed E-state index contributed by atoms with van der Waals surface area (Å²) in [4.78, 5) is 4.60. The Kier molecular flexibility index (Phi) is 13.1. The van der Waals surface area contributed by atoms with Crippen LogP contribution >= 0.6 is 0 Å². The summed E-state index contributed by atoms with van der Waals surface area (Å²) in [5.41, 5.74) is 9.23. The molecule has 0 fully saturated rings. The predicted molar refractivity (Wildman–Crippen MR) is 321 cm³/mol. The second-order valence-electron chi connectivity index (χ2n) is 20.0. The molecule has 12 rings (SSSR count). The molecule has 16 heteroatoms. The first-order valence-electron chi connectivity index (χ1n) is 26.2. The zero-order valence-corrected chi connectivity index (χ0v) is 45.2. The van der Waals surface area contributed by atoms with Gasteiger partial charge in [0.25, 0.3) is 0 Å². The zero-order chi connectivity index (χ0) is 61.5. The van der Waals surface area contributed by atoms with Gasteiger partial charge in [-0.1, -0.05) is 24.3 Å². The smallest absolute Gasteiger partial charge is 0.0999 e.